The van der Waals surface area contributed by atoms with Crippen LogP contribution in [-0.4, -0.2) is 68.4 Å². The Labute approximate surface area is 303 Å². The molecule has 10 heteroatoms. The topological polar surface area (TPSA) is 143 Å². The van der Waals surface area contributed by atoms with E-state index in [4.69, 9.17) is 0 Å². The van der Waals surface area contributed by atoms with Crippen molar-refractivity contribution in [2.75, 3.05) is 6.54 Å². The number of carbonyl (C=O) groups is 6. The number of aromatic nitrogens is 2. The highest BCUT2D eigenvalue weighted by molar-refractivity contribution is 6.38. The number of rotatable bonds is 17. The third-order valence-corrected chi connectivity index (χ3v) is 10.9. The molecule has 3 unspecified atom stereocenters. The molecule has 1 saturated carbocycles. The summed E-state index contributed by atoms with van der Waals surface area (Å²) in [6.45, 7) is 13.6. The maximum absolute atomic E-state index is 14.6. The van der Waals surface area contributed by atoms with E-state index in [0.29, 0.717) is 19.4 Å². The zero-order chi connectivity index (χ0) is 37.5. The molecule has 2 heterocycles. The largest absolute Gasteiger partial charge is 0.344 e. The summed E-state index contributed by atoms with van der Waals surface area (Å²) in [5, 5.41) is 2.99. The quantitative estimate of drug-likeness (QED) is 0.152. The lowest BCUT2D eigenvalue weighted by atomic mass is 9.82. The van der Waals surface area contributed by atoms with Gasteiger partial charge in [0.05, 0.1) is 12.2 Å². The van der Waals surface area contributed by atoms with E-state index in [9.17, 15) is 28.8 Å². The van der Waals surface area contributed by atoms with E-state index >= 15 is 0 Å². The molecular weight excluding hydrogens is 644 g/mol. The van der Waals surface area contributed by atoms with Gasteiger partial charge in [0.2, 0.25) is 17.6 Å². The molecule has 7 atom stereocenters. The number of fused-ring (bicyclic) bond motifs is 1. The van der Waals surface area contributed by atoms with E-state index in [1.165, 1.54) is 18.6 Å². The van der Waals surface area contributed by atoms with Gasteiger partial charge < -0.3 is 10.2 Å². The van der Waals surface area contributed by atoms with Gasteiger partial charge in [0.25, 0.3) is 0 Å². The van der Waals surface area contributed by atoms with Crippen LogP contribution in [0.2, 0.25) is 0 Å². The number of carbonyl (C=O) groups excluding carboxylic acids is 6. The highest BCUT2D eigenvalue weighted by Crippen LogP contribution is 2.44. The summed E-state index contributed by atoms with van der Waals surface area (Å²) in [7, 11) is 0. The second-order valence-corrected chi connectivity index (χ2v) is 16.1. The van der Waals surface area contributed by atoms with Gasteiger partial charge in [0.15, 0.2) is 17.3 Å². The molecule has 0 radical (unpaired) electrons. The standard InChI is InChI=1S/C41H56N4O6/c1-8-13-28(37(49)35(48)20-26(4)27-14-10-9-11-15-27)21-34(47)36-30-17-12-16-29(30)24-45(36)40(51)38(41(5,6)7)44-39(50)31(25(2)3)22-33(46)32-23-42-18-19-43-32/h9-11,14-15,18-19,23,25-26,28-31,36,38H,8,12-13,16-17,20-22,24H2,1-7H3,(H,44,50)/t26?,28?,29-,30-,31+,36?,38+/m0/s1. The molecule has 4 rings (SSSR count). The summed E-state index contributed by atoms with van der Waals surface area (Å²) in [6.07, 6.45) is 7.89. The fraction of sp³-hybridized carbons (Fsp3) is 0.610. The van der Waals surface area contributed by atoms with Crippen LogP contribution in [0.4, 0.5) is 0 Å². The summed E-state index contributed by atoms with van der Waals surface area (Å²) < 4.78 is 0. The molecule has 276 valence electrons. The van der Waals surface area contributed by atoms with Crippen molar-refractivity contribution in [1.29, 1.82) is 0 Å². The molecule has 2 aromatic rings. The predicted molar refractivity (Wildman–Crippen MR) is 195 cm³/mol. The molecule has 1 saturated heterocycles. The molecule has 51 heavy (non-hydrogen) atoms. The van der Waals surface area contributed by atoms with E-state index < -0.39 is 46.8 Å². The van der Waals surface area contributed by atoms with Gasteiger partial charge in [-0.05, 0) is 53.9 Å². The number of nitrogens with one attached hydrogen (secondary N) is 1. The van der Waals surface area contributed by atoms with Gasteiger partial charge in [-0.1, -0.05) is 91.6 Å². The van der Waals surface area contributed by atoms with E-state index in [1.54, 1.807) is 4.90 Å². The van der Waals surface area contributed by atoms with Crippen LogP contribution in [0.5, 0.6) is 0 Å². The Kier molecular flexibility index (Phi) is 13.6. The van der Waals surface area contributed by atoms with Crippen molar-refractivity contribution in [3.8, 4) is 0 Å². The van der Waals surface area contributed by atoms with Crippen LogP contribution in [0, 0.1) is 35.0 Å². The number of likely N-dealkylation sites (tertiary alicyclic amines) is 1. The lowest BCUT2D eigenvalue weighted by Gasteiger charge is -2.37. The summed E-state index contributed by atoms with van der Waals surface area (Å²) in [5.41, 5.74) is 0.444. The predicted octanol–water partition coefficient (Wildman–Crippen LogP) is 6.19. The molecule has 2 aliphatic rings. The van der Waals surface area contributed by atoms with Gasteiger partial charge in [-0.15, -0.1) is 0 Å². The summed E-state index contributed by atoms with van der Waals surface area (Å²) in [5.74, 6) is -3.89. The van der Waals surface area contributed by atoms with Crippen LogP contribution >= 0.6 is 0 Å². The van der Waals surface area contributed by atoms with Gasteiger partial charge in [-0.3, -0.25) is 33.8 Å². The minimum Gasteiger partial charge on any atom is -0.344 e. The third-order valence-electron chi connectivity index (χ3n) is 10.9. The molecule has 0 bridgehead atoms. The number of hydrogen-bond donors (Lipinski definition) is 1. The molecule has 2 amide bonds. The van der Waals surface area contributed by atoms with Crippen molar-refractivity contribution in [2.45, 2.75) is 118 Å². The first kappa shape index (κ1) is 39.7. The first-order valence-electron chi connectivity index (χ1n) is 18.7. The zero-order valence-corrected chi connectivity index (χ0v) is 31.4. The molecule has 1 aliphatic heterocycles. The van der Waals surface area contributed by atoms with Gasteiger partial charge in [-0.2, -0.15) is 0 Å². The van der Waals surface area contributed by atoms with Crippen LogP contribution in [0.1, 0.15) is 122 Å². The fourth-order valence-corrected chi connectivity index (χ4v) is 7.93. The Morgan fingerprint density at radius 3 is 2.25 bits per heavy atom. The lowest BCUT2D eigenvalue weighted by molar-refractivity contribution is -0.146. The number of nitrogens with zero attached hydrogens (tertiary/aromatic N) is 3. The smallest absolute Gasteiger partial charge is 0.246 e. The highest BCUT2D eigenvalue weighted by Gasteiger charge is 2.52. The molecular formula is C41H56N4O6. The Morgan fingerprint density at radius 1 is 0.941 bits per heavy atom. The Morgan fingerprint density at radius 2 is 1.65 bits per heavy atom. The van der Waals surface area contributed by atoms with E-state index in [2.05, 4.69) is 15.3 Å². The molecule has 1 aromatic heterocycles. The SMILES string of the molecule is CCCC(CC(=O)C1[C@H]2CCC[C@H]2CN1C(=O)[C@@H](NC(=O)[C@H](CC(=O)c1cnccn1)C(C)C)C(C)(C)C)C(=O)C(=O)CC(C)c1ccccc1. The molecule has 1 aromatic carbocycles. The van der Waals surface area contributed by atoms with E-state index in [1.807, 2.05) is 78.8 Å². The molecule has 10 nitrogen and oxygen atoms in total. The summed E-state index contributed by atoms with van der Waals surface area (Å²) in [6, 6.07) is 7.91. The van der Waals surface area contributed by atoms with Gasteiger partial charge in [0.1, 0.15) is 11.7 Å². The Bertz CT molecular complexity index is 1550. The van der Waals surface area contributed by atoms with E-state index in [0.717, 1.165) is 24.8 Å². The molecule has 2 fully saturated rings. The summed E-state index contributed by atoms with van der Waals surface area (Å²) >= 11 is 0. The van der Waals surface area contributed by atoms with Crippen LogP contribution in [0.3, 0.4) is 0 Å². The van der Waals surface area contributed by atoms with Crippen LogP contribution in [0.25, 0.3) is 0 Å². The number of hydrogen-bond acceptors (Lipinski definition) is 8. The Balaban J connectivity index is 1.52. The first-order chi connectivity index (χ1) is 24.1. The van der Waals surface area contributed by atoms with Crippen molar-refractivity contribution in [3.63, 3.8) is 0 Å². The van der Waals surface area contributed by atoms with Crippen molar-refractivity contribution in [1.82, 2.24) is 20.2 Å². The second-order valence-electron chi connectivity index (χ2n) is 16.1. The van der Waals surface area contributed by atoms with Gasteiger partial charge >= 0.3 is 0 Å². The number of ketones is 4. The van der Waals surface area contributed by atoms with Crippen molar-refractivity contribution in [3.05, 3.63) is 60.2 Å². The first-order valence-corrected chi connectivity index (χ1v) is 18.7. The fourth-order valence-electron chi connectivity index (χ4n) is 7.93. The normalized spacial score (nSPS) is 21.0. The average Bonchev–Trinajstić information content (AvgIpc) is 3.70. The molecule has 0 spiro atoms. The minimum atomic E-state index is -0.957. The number of benzene rings is 1. The second kappa shape index (κ2) is 17.4. The average molecular weight is 701 g/mol. The highest BCUT2D eigenvalue weighted by atomic mass is 16.2. The minimum absolute atomic E-state index is 0.0306. The van der Waals surface area contributed by atoms with Crippen molar-refractivity contribution < 1.29 is 28.8 Å². The van der Waals surface area contributed by atoms with Gasteiger partial charge in [-0.25, -0.2) is 4.98 Å². The number of Topliss-reactive ketones (excluding diaryl/α,β-unsaturated/α-hetero) is 4. The van der Waals surface area contributed by atoms with Crippen LogP contribution < -0.4 is 5.32 Å². The van der Waals surface area contributed by atoms with E-state index in [-0.39, 0.29) is 66.1 Å². The zero-order valence-electron chi connectivity index (χ0n) is 31.4. The van der Waals surface area contributed by atoms with Crippen LogP contribution in [-0.2, 0) is 24.0 Å². The monoisotopic (exact) mass is 700 g/mol. The maximum Gasteiger partial charge on any atom is 0.246 e. The number of amides is 2. The molecule has 1 aliphatic carbocycles. The maximum atomic E-state index is 14.6. The Hall–Kier alpha value is -4.08. The summed E-state index contributed by atoms with van der Waals surface area (Å²) in [4.78, 5) is 92.3. The van der Waals surface area contributed by atoms with Gasteiger partial charge in [0, 0.05) is 50.0 Å². The lowest BCUT2D eigenvalue weighted by Crippen LogP contribution is -2.58. The van der Waals surface area contributed by atoms with Crippen LogP contribution in [0.15, 0.2) is 48.9 Å². The van der Waals surface area contributed by atoms with Crippen molar-refractivity contribution >= 4 is 34.9 Å². The third kappa shape index (κ3) is 9.83. The molecule has 1 N–H and O–H groups in total. The van der Waals surface area contributed by atoms with Crippen molar-refractivity contribution in [2.24, 2.45) is 35.0 Å².